The number of rotatable bonds is 3. The van der Waals surface area contributed by atoms with E-state index in [0.717, 1.165) is 27.7 Å². The molecule has 0 amide bonds. The number of fused-ring (bicyclic) bond motifs is 3. The Morgan fingerprint density at radius 1 is 0.667 bits per heavy atom. The molecule has 0 N–H and O–H groups in total. The summed E-state index contributed by atoms with van der Waals surface area (Å²) in [6.07, 6.45) is 1.97. The molecule has 27 heavy (non-hydrogen) atoms. The smallest absolute Gasteiger partial charge is 0.213 e. The van der Waals surface area contributed by atoms with Gasteiger partial charge in [-0.05, 0) is 35.4 Å². The molecular formula is C24H16N2O. The lowest BCUT2D eigenvalue weighted by Crippen LogP contribution is -2.07. The highest BCUT2D eigenvalue weighted by Crippen LogP contribution is 2.23. The Bertz CT molecular complexity index is 1270. The van der Waals surface area contributed by atoms with Gasteiger partial charge in [-0.3, -0.25) is 4.79 Å². The van der Waals surface area contributed by atoms with E-state index in [1.807, 2.05) is 89.5 Å². The van der Waals surface area contributed by atoms with Crippen LogP contribution in [0.1, 0.15) is 16.1 Å². The SMILES string of the molecule is O=C(c1ccc(-c2ccccc2)cc1)c1nc2ccccc2n2cccc12. The van der Waals surface area contributed by atoms with Gasteiger partial charge in [0.2, 0.25) is 5.78 Å². The van der Waals surface area contributed by atoms with Crippen molar-refractivity contribution in [1.82, 2.24) is 9.38 Å². The minimum absolute atomic E-state index is 0.0657. The normalized spacial score (nSPS) is 11.1. The zero-order valence-electron chi connectivity index (χ0n) is 14.5. The first-order chi connectivity index (χ1) is 13.3. The zero-order valence-corrected chi connectivity index (χ0v) is 14.5. The number of hydrogen-bond donors (Lipinski definition) is 0. The summed E-state index contributed by atoms with van der Waals surface area (Å²) in [6.45, 7) is 0. The number of benzene rings is 3. The predicted molar refractivity (Wildman–Crippen MR) is 108 cm³/mol. The number of nitrogens with zero attached hydrogens (tertiary/aromatic N) is 2. The molecule has 0 saturated heterocycles. The van der Waals surface area contributed by atoms with E-state index in [9.17, 15) is 4.79 Å². The summed E-state index contributed by atoms with van der Waals surface area (Å²) in [5, 5.41) is 0. The van der Waals surface area contributed by atoms with Gasteiger partial charge in [-0.1, -0.05) is 66.7 Å². The van der Waals surface area contributed by atoms with Crippen molar-refractivity contribution >= 4 is 22.3 Å². The van der Waals surface area contributed by atoms with Crippen LogP contribution in [-0.4, -0.2) is 15.2 Å². The van der Waals surface area contributed by atoms with Crippen molar-refractivity contribution in [3.8, 4) is 11.1 Å². The quantitative estimate of drug-likeness (QED) is 0.410. The third kappa shape index (κ3) is 2.61. The molecule has 5 rings (SSSR count). The first kappa shape index (κ1) is 15.5. The molecule has 3 aromatic carbocycles. The second kappa shape index (κ2) is 6.22. The van der Waals surface area contributed by atoms with Crippen LogP contribution in [0.25, 0.3) is 27.7 Å². The molecule has 0 aliphatic carbocycles. The molecule has 0 radical (unpaired) electrons. The zero-order chi connectivity index (χ0) is 18.2. The fourth-order valence-corrected chi connectivity index (χ4v) is 3.47. The van der Waals surface area contributed by atoms with E-state index >= 15 is 0 Å². The highest BCUT2D eigenvalue weighted by Gasteiger charge is 2.17. The van der Waals surface area contributed by atoms with Crippen molar-refractivity contribution in [3.63, 3.8) is 0 Å². The Balaban J connectivity index is 1.60. The lowest BCUT2D eigenvalue weighted by molar-refractivity contribution is 0.103. The number of para-hydroxylation sites is 2. The van der Waals surface area contributed by atoms with Crippen LogP contribution in [-0.2, 0) is 0 Å². The molecule has 0 atom stereocenters. The number of carbonyl (C=O) groups is 1. The third-order valence-corrected chi connectivity index (χ3v) is 4.83. The molecule has 0 aliphatic heterocycles. The van der Waals surface area contributed by atoms with E-state index in [1.54, 1.807) is 0 Å². The summed E-state index contributed by atoms with van der Waals surface area (Å²) in [7, 11) is 0. The molecule has 0 aliphatic rings. The van der Waals surface area contributed by atoms with E-state index in [0.29, 0.717) is 11.3 Å². The second-order valence-electron chi connectivity index (χ2n) is 6.49. The monoisotopic (exact) mass is 348 g/mol. The van der Waals surface area contributed by atoms with Gasteiger partial charge in [0.15, 0.2) is 0 Å². The lowest BCUT2D eigenvalue weighted by Gasteiger charge is -2.08. The van der Waals surface area contributed by atoms with Crippen LogP contribution in [0.5, 0.6) is 0 Å². The molecule has 0 bridgehead atoms. The Morgan fingerprint density at radius 2 is 1.33 bits per heavy atom. The first-order valence-electron chi connectivity index (χ1n) is 8.87. The maximum absolute atomic E-state index is 13.2. The van der Waals surface area contributed by atoms with Gasteiger partial charge in [-0.2, -0.15) is 0 Å². The van der Waals surface area contributed by atoms with Gasteiger partial charge < -0.3 is 4.40 Å². The van der Waals surface area contributed by atoms with Crippen LogP contribution < -0.4 is 0 Å². The van der Waals surface area contributed by atoms with Crippen LogP contribution in [0, 0.1) is 0 Å². The number of ketones is 1. The van der Waals surface area contributed by atoms with E-state index in [1.165, 1.54) is 0 Å². The number of carbonyl (C=O) groups excluding carboxylic acids is 1. The predicted octanol–water partition coefficient (Wildman–Crippen LogP) is 5.39. The summed E-state index contributed by atoms with van der Waals surface area (Å²) < 4.78 is 2.02. The topological polar surface area (TPSA) is 34.4 Å². The highest BCUT2D eigenvalue weighted by molar-refractivity contribution is 6.12. The van der Waals surface area contributed by atoms with Crippen molar-refractivity contribution in [1.29, 1.82) is 0 Å². The molecule has 2 heterocycles. The standard InChI is InChI=1S/C24H16N2O/c27-24(19-14-12-18(13-15-19)17-7-2-1-3-8-17)23-22-11-6-16-26(22)21-10-5-4-9-20(21)25-23/h1-16H. The van der Waals surface area contributed by atoms with E-state index in [4.69, 9.17) is 0 Å². The van der Waals surface area contributed by atoms with Gasteiger partial charge in [0, 0.05) is 11.8 Å². The minimum Gasteiger partial charge on any atom is -0.313 e. The molecule has 0 unspecified atom stereocenters. The highest BCUT2D eigenvalue weighted by atomic mass is 16.1. The Morgan fingerprint density at radius 3 is 2.15 bits per heavy atom. The van der Waals surface area contributed by atoms with E-state index in [2.05, 4.69) is 17.1 Å². The largest absolute Gasteiger partial charge is 0.313 e. The molecular weight excluding hydrogens is 332 g/mol. The molecule has 5 aromatic rings. The average molecular weight is 348 g/mol. The van der Waals surface area contributed by atoms with Crippen LogP contribution >= 0.6 is 0 Å². The minimum atomic E-state index is -0.0657. The Hall–Kier alpha value is -3.72. The summed E-state index contributed by atoms with van der Waals surface area (Å²) in [4.78, 5) is 17.8. The third-order valence-electron chi connectivity index (χ3n) is 4.83. The van der Waals surface area contributed by atoms with Gasteiger partial charge in [0.05, 0.1) is 16.6 Å². The molecule has 0 spiro atoms. The van der Waals surface area contributed by atoms with Crippen molar-refractivity contribution in [3.05, 3.63) is 108 Å². The van der Waals surface area contributed by atoms with E-state index < -0.39 is 0 Å². The van der Waals surface area contributed by atoms with Crippen LogP contribution in [0.3, 0.4) is 0 Å². The maximum atomic E-state index is 13.2. The second-order valence-corrected chi connectivity index (χ2v) is 6.49. The average Bonchev–Trinajstić information content (AvgIpc) is 3.24. The van der Waals surface area contributed by atoms with Crippen molar-refractivity contribution in [2.75, 3.05) is 0 Å². The van der Waals surface area contributed by atoms with Crippen molar-refractivity contribution in [2.45, 2.75) is 0 Å². The fraction of sp³-hybridized carbons (Fsp3) is 0. The van der Waals surface area contributed by atoms with Crippen LogP contribution in [0.2, 0.25) is 0 Å². The van der Waals surface area contributed by atoms with Crippen LogP contribution in [0.4, 0.5) is 0 Å². The summed E-state index contributed by atoms with van der Waals surface area (Å²) in [6, 6.07) is 29.6. The van der Waals surface area contributed by atoms with Gasteiger partial charge >= 0.3 is 0 Å². The lowest BCUT2D eigenvalue weighted by atomic mass is 10.0. The van der Waals surface area contributed by atoms with Gasteiger partial charge in [0.1, 0.15) is 5.69 Å². The molecule has 2 aromatic heterocycles. The Kier molecular flexibility index (Phi) is 3.58. The van der Waals surface area contributed by atoms with Gasteiger partial charge in [-0.25, -0.2) is 4.98 Å². The molecule has 3 nitrogen and oxygen atoms in total. The summed E-state index contributed by atoms with van der Waals surface area (Å²) in [5.41, 5.74) is 5.97. The number of hydrogen-bond acceptors (Lipinski definition) is 2. The molecule has 3 heteroatoms. The summed E-state index contributed by atoms with van der Waals surface area (Å²) in [5.74, 6) is -0.0657. The summed E-state index contributed by atoms with van der Waals surface area (Å²) >= 11 is 0. The van der Waals surface area contributed by atoms with Crippen molar-refractivity contribution < 1.29 is 4.79 Å². The Labute approximate surface area is 156 Å². The van der Waals surface area contributed by atoms with Crippen molar-refractivity contribution in [2.24, 2.45) is 0 Å². The molecule has 0 saturated carbocycles. The number of aromatic nitrogens is 2. The van der Waals surface area contributed by atoms with Gasteiger partial charge in [-0.15, -0.1) is 0 Å². The maximum Gasteiger partial charge on any atom is 0.213 e. The molecule has 0 fully saturated rings. The van der Waals surface area contributed by atoms with Gasteiger partial charge in [0.25, 0.3) is 0 Å². The fourth-order valence-electron chi connectivity index (χ4n) is 3.47. The van der Waals surface area contributed by atoms with E-state index in [-0.39, 0.29) is 5.78 Å². The first-order valence-corrected chi connectivity index (χ1v) is 8.87. The van der Waals surface area contributed by atoms with Crippen LogP contribution in [0.15, 0.2) is 97.2 Å². The molecule has 128 valence electrons.